The lowest BCUT2D eigenvalue weighted by molar-refractivity contribution is 1.03. The lowest BCUT2D eigenvalue weighted by Crippen LogP contribution is -1.96. The molecule has 0 saturated carbocycles. The van der Waals surface area contributed by atoms with E-state index in [0.29, 0.717) is 16.0 Å². The maximum Gasteiger partial charge on any atom is 0.175 e. The maximum absolute atomic E-state index is 5.90. The summed E-state index contributed by atoms with van der Waals surface area (Å²) in [6.07, 6.45) is 0. The largest absolute Gasteiger partial charge is 0.352 e. The van der Waals surface area contributed by atoms with Crippen molar-refractivity contribution in [2.24, 2.45) is 0 Å². The fourth-order valence-electron chi connectivity index (χ4n) is 1.15. The minimum atomic E-state index is 0.295. The van der Waals surface area contributed by atoms with Crippen LogP contribution in [0.15, 0.2) is 30.3 Å². The lowest BCUT2D eigenvalue weighted by atomic mass is 10.3. The Morgan fingerprint density at radius 1 is 1.06 bits per heavy atom. The van der Waals surface area contributed by atoms with Crippen LogP contribution < -0.4 is 5.32 Å². The van der Waals surface area contributed by atoms with Gasteiger partial charge >= 0.3 is 0 Å². The molecule has 0 saturated heterocycles. The normalized spacial score (nSPS) is 10.2. The van der Waals surface area contributed by atoms with Crippen molar-refractivity contribution in [1.82, 2.24) is 10.2 Å². The van der Waals surface area contributed by atoms with Gasteiger partial charge in [-0.25, -0.2) is 0 Å². The molecule has 0 radical (unpaired) electrons. The van der Waals surface area contributed by atoms with E-state index in [9.17, 15) is 0 Å². The van der Waals surface area contributed by atoms with Gasteiger partial charge in [0.25, 0.3) is 0 Å². The number of rotatable bonds is 2. The molecule has 1 aromatic heterocycles. The average molecular weight is 366 g/mol. The Labute approximate surface area is 116 Å². The first-order valence-electron chi connectivity index (χ1n) is 4.37. The van der Waals surface area contributed by atoms with Gasteiger partial charge in [0.05, 0.1) is 11.4 Å². The molecule has 0 aliphatic heterocycles. The Morgan fingerprint density at radius 3 is 2.56 bits per heavy atom. The highest BCUT2D eigenvalue weighted by molar-refractivity contribution is 14.1. The summed E-state index contributed by atoms with van der Waals surface area (Å²) < 4.78 is 1.09. The summed E-state index contributed by atoms with van der Waals surface area (Å²) in [6.45, 7) is 0. The summed E-state index contributed by atoms with van der Waals surface area (Å²) in [5.74, 6) is 0. The SMILES string of the molecule is Clc1cc(Nc2ccccc2I)c(Cl)nn1. The van der Waals surface area contributed by atoms with E-state index in [4.69, 9.17) is 23.2 Å². The molecule has 1 aromatic carbocycles. The third-order valence-corrected chi connectivity index (χ3v) is 3.27. The van der Waals surface area contributed by atoms with Gasteiger partial charge in [-0.05, 0) is 34.7 Å². The van der Waals surface area contributed by atoms with E-state index in [1.807, 2.05) is 24.3 Å². The Hall–Kier alpha value is -0.590. The molecule has 0 unspecified atom stereocenters. The maximum atomic E-state index is 5.90. The molecule has 0 fully saturated rings. The molecule has 0 atom stereocenters. The number of benzene rings is 1. The van der Waals surface area contributed by atoms with Crippen molar-refractivity contribution in [1.29, 1.82) is 0 Å². The molecule has 3 nitrogen and oxygen atoms in total. The Balaban J connectivity index is 2.34. The smallest absolute Gasteiger partial charge is 0.175 e. The van der Waals surface area contributed by atoms with Gasteiger partial charge in [-0.2, -0.15) is 0 Å². The molecule has 82 valence electrons. The summed E-state index contributed by atoms with van der Waals surface area (Å²) in [7, 11) is 0. The molecule has 0 amide bonds. The van der Waals surface area contributed by atoms with Crippen LogP contribution in [0.3, 0.4) is 0 Å². The van der Waals surface area contributed by atoms with Crippen LogP contribution in [0.5, 0.6) is 0 Å². The van der Waals surface area contributed by atoms with E-state index in [2.05, 4.69) is 38.1 Å². The molecule has 2 aromatic rings. The summed E-state index contributed by atoms with van der Waals surface area (Å²) in [5, 5.41) is 11.1. The second-order valence-corrected chi connectivity index (χ2v) is 4.88. The van der Waals surface area contributed by atoms with Crippen molar-refractivity contribution in [3.63, 3.8) is 0 Å². The first-order chi connectivity index (χ1) is 7.66. The predicted octanol–water partition coefficient (Wildman–Crippen LogP) is 4.13. The number of aromatic nitrogens is 2. The molecule has 0 aliphatic carbocycles. The Morgan fingerprint density at radius 2 is 1.81 bits per heavy atom. The van der Waals surface area contributed by atoms with E-state index in [1.54, 1.807) is 6.07 Å². The van der Waals surface area contributed by atoms with Gasteiger partial charge in [0.1, 0.15) is 0 Å². The fourth-order valence-corrected chi connectivity index (χ4v) is 1.96. The molecule has 0 aliphatic rings. The lowest BCUT2D eigenvalue weighted by Gasteiger charge is -2.08. The van der Waals surface area contributed by atoms with Crippen LogP contribution in [0, 0.1) is 3.57 Å². The topological polar surface area (TPSA) is 37.8 Å². The molecule has 6 heteroatoms. The van der Waals surface area contributed by atoms with Crippen LogP contribution in [-0.4, -0.2) is 10.2 Å². The van der Waals surface area contributed by atoms with Crippen molar-refractivity contribution in [2.75, 3.05) is 5.32 Å². The minimum absolute atomic E-state index is 0.295. The number of hydrogen-bond donors (Lipinski definition) is 1. The van der Waals surface area contributed by atoms with Gasteiger partial charge in [-0.3, -0.25) is 0 Å². The highest BCUT2D eigenvalue weighted by atomic mass is 127. The molecule has 0 bridgehead atoms. The molecule has 0 spiro atoms. The summed E-state index contributed by atoms with van der Waals surface area (Å²) >= 11 is 13.9. The van der Waals surface area contributed by atoms with Gasteiger partial charge in [0, 0.05) is 9.64 Å². The van der Waals surface area contributed by atoms with E-state index in [1.165, 1.54) is 0 Å². The summed E-state index contributed by atoms with van der Waals surface area (Å²) in [5.41, 5.74) is 1.60. The number of nitrogens with one attached hydrogen (secondary N) is 1. The first kappa shape index (κ1) is 11.9. The van der Waals surface area contributed by atoms with Crippen LogP contribution in [0.2, 0.25) is 10.3 Å². The van der Waals surface area contributed by atoms with E-state index >= 15 is 0 Å². The Kier molecular flexibility index (Phi) is 3.83. The van der Waals surface area contributed by atoms with Crippen LogP contribution in [-0.2, 0) is 0 Å². The third-order valence-electron chi connectivity index (χ3n) is 1.86. The zero-order chi connectivity index (χ0) is 11.5. The van der Waals surface area contributed by atoms with Gasteiger partial charge < -0.3 is 5.32 Å². The number of anilines is 2. The van der Waals surface area contributed by atoms with Crippen LogP contribution in [0.4, 0.5) is 11.4 Å². The molecular formula is C10H6Cl2IN3. The van der Waals surface area contributed by atoms with Crippen LogP contribution in [0.1, 0.15) is 0 Å². The number of hydrogen-bond acceptors (Lipinski definition) is 3. The second-order valence-electron chi connectivity index (χ2n) is 2.98. The van der Waals surface area contributed by atoms with Crippen LogP contribution in [0.25, 0.3) is 0 Å². The average Bonchev–Trinajstić information content (AvgIpc) is 2.27. The molecule has 1 N–H and O–H groups in total. The number of para-hydroxylation sites is 1. The van der Waals surface area contributed by atoms with Crippen molar-refractivity contribution in [3.8, 4) is 0 Å². The molecule has 1 heterocycles. The van der Waals surface area contributed by atoms with Gasteiger partial charge in [0.15, 0.2) is 10.3 Å². The van der Waals surface area contributed by atoms with Gasteiger partial charge in [0.2, 0.25) is 0 Å². The second kappa shape index (κ2) is 5.16. The van der Waals surface area contributed by atoms with E-state index in [-0.39, 0.29) is 0 Å². The van der Waals surface area contributed by atoms with Crippen molar-refractivity contribution < 1.29 is 0 Å². The number of halogens is 3. The first-order valence-corrected chi connectivity index (χ1v) is 6.20. The van der Waals surface area contributed by atoms with Crippen molar-refractivity contribution in [2.45, 2.75) is 0 Å². The zero-order valence-electron chi connectivity index (χ0n) is 7.92. The zero-order valence-corrected chi connectivity index (χ0v) is 11.6. The van der Waals surface area contributed by atoms with Crippen molar-refractivity contribution >= 4 is 57.2 Å². The van der Waals surface area contributed by atoms with Crippen LogP contribution >= 0.6 is 45.8 Å². The molecule has 16 heavy (non-hydrogen) atoms. The van der Waals surface area contributed by atoms with E-state index in [0.717, 1.165) is 9.26 Å². The minimum Gasteiger partial charge on any atom is -0.352 e. The highest BCUT2D eigenvalue weighted by Gasteiger charge is 2.05. The van der Waals surface area contributed by atoms with Gasteiger partial charge in [-0.15, -0.1) is 10.2 Å². The number of nitrogens with zero attached hydrogens (tertiary/aromatic N) is 2. The third kappa shape index (κ3) is 2.75. The quantitative estimate of drug-likeness (QED) is 0.813. The molecular weight excluding hydrogens is 360 g/mol. The summed E-state index contributed by atoms with van der Waals surface area (Å²) in [4.78, 5) is 0. The molecule has 2 rings (SSSR count). The Bertz CT molecular complexity index is 519. The summed E-state index contributed by atoms with van der Waals surface area (Å²) in [6, 6.07) is 9.49. The van der Waals surface area contributed by atoms with E-state index < -0.39 is 0 Å². The van der Waals surface area contributed by atoms with Crippen molar-refractivity contribution in [3.05, 3.63) is 44.2 Å². The monoisotopic (exact) mass is 365 g/mol. The van der Waals surface area contributed by atoms with Gasteiger partial charge in [-0.1, -0.05) is 35.3 Å². The predicted molar refractivity (Wildman–Crippen MR) is 74.5 cm³/mol. The fraction of sp³-hybridized carbons (Fsp3) is 0. The standard InChI is InChI=1S/C10H6Cl2IN3/c11-9-5-8(10(12)16-15-9)14-7-4-2-1-3-6(7)13/h1-5H,(H,14,15). The highest BCUT2D eigenvalue weighted by Crippen LogP contribution is 2.27.